The topological polar surface area (TPSA) is 73.2 Å². The minimum atomic E-state index is -0.297. The molecule has 2 aromatic rings. The molecule has 0 saturated heterocycles. The Hall–Kier alpha value is -2.47. The summed E-state index contributed by atoms with van der Waals surface area (Å²) in [6, 6.07) is 11.0. The fourth-order valence-corrected chi connectivity index (χ4v) is 2.25. The summed E-state index contributed by atoms with van der Waals surface area (Å²) in [7, 11) is 0. The summed E-state index contributed by atoms with van der Waals surface area (Å²) in [5.41, 5.74) is 2.43. The number of nitrogens with zero attached hydrogens (tertiary/aromatic N) is 2. The van der Waals surface area contributed by atoms with Gasteiger partial charge in [-0.15, -0.1) is 0 Å². The summed E-state index contributed by atoms with van der Waals surface area (Å²) >= 11 is 0. The smallest absolute Gasteiger partial charge is 0.267 e. The van der Waals surface area contributed by atoms with E-state index in [1.807, 2.05) is 45.0 Å². The van der Waals surface area contributed by atoms with Gasteiger partial charge in [0.2, 0.25) is 5.91 Å². The van der Waals surface area contributed by atoms with Crippen molar-refractivity contribution < 1.29 is 9.53 Å². The number of aromatic nitrogens is 2. The summed E-state index contributed by atoms with van der Waals surface area (Å²) in [6.07, 6.45) is 0.915. The zero-order chi connectivity index (χ0) is 18.2. The van der Waals surface area contributed by atoms with E-state index in [9.17, 15) is 9.59 Å². The maximum absolute atomic E-state index is 12.0. The quantitative estimate of drug-likeness (QED) is 0.746. The highest BCUT2D eigenvalue weighted by molar-refractivity contribution is 5.75. The molecule has 1 aromatic carbocycles. The number of aryl methyl sites for hydroxylation is 1. The van der Waals surface area contributed by atoms with Crippen LogP contribution in [0.2, 0.25) is 0 Å². The number of hydrogen-bond donors (Lipinski definition) is 1. The van der Waals surface area contributed by atoms with E-state index in [4.69, 9.17) is 4.74 Å². The van der Waals surface area contributed by atoms with E-state index < -0.39 is 0 Å². The van der Waals surface area contributed by atoms with Gasteiger partial charge in [0, 0.05) is 24.8 Å². The molecule has 134 valence electrons. The SMILES string of the molecule is Cc1ccc(-c2ccc(=O)n(CC(=O)NCCCOC(C)C)n2)cc1. The van der Waals surface area contributed by atoms with Gasteiger partial charge in [-0.1, -0.05) is 29.8 Å². The van der Waals surface area contributed by atoms with Crippen LogP contribution in [-0.2, 0) is 16.1 Å². The Morgan fingerprint density at radius 3 is 2.60 bits per heavy atom. The molecule has 6 nitrogen and oxygen atoms in total. The first kappa shape index (κ1) is 18.9. The summed E-state index contributed by atoms with van der Waals surface area (Å²) in [5.74, 6) is -0.236. The first-order valence-electron chi connectivity index (χ1n) is 8.49. The fraction of sp³-hybridized carbons (Fsp3) is 0.421. The highest BCUT2D eigenvalue weighted by Gasteiger charge is 2.08. The maximum Gasteiger partial charge on any atom is 0.267 e. The summed E-state index contributed by atoms with van der Waals surface area (Å²) in [6.45, 7) is 6.96. The van der Waals surface area contributed by atoms with Crippen LogP contribution in [0.3, 0.4) is 0 Å². The third-order valence-electron chi connectivity index (χ3n) is 3.60. The third kappa shape index (κ3) is 6.15. The normalized spacial score (nSPS) is 10.9. The van der Waals surface area contributed by atoms with Gasteiger partial charge in [0.25, 0.3) is 5.56 Å². The second kappa shape index (κ2) is 9.13. The summed E-state index contributed by atoms with van der Waals surface area (Å²) in [4.78, 5) is 23.9. The Balaban J connectivity index is 1.95. The molecule has 1 amide bonds. The van der Waals surface area contributed by atoms with E-state index in [0.29, 0.717) is 18.8 Å². The molecule has 0 saturated carbocycles. The van der Waals surface area contributed by atoms with Crippen LogP contribution >= 0.6 is 0 Å². The molecule has 0 fully saturated rings. The van der Waals surface area contributed by atoms with Gasteiger partial charge in [-0.05, 0) is 33.3 Å². The average molecular weight is 343 g/mol. The average Bonchev–Trinajstić information content (AvgIpc) is 2.57. The van der Waals surface area contributed by atoms with E-state index in [1.165, 1.54) is 10.7 Å². The molecule has 1 N–H and O–H groups in total. The van der Waals surface area contributed by atoms with Crippen molar-refractivity contribution in [2.45, 2.75) is 39.8 Å². The highest BCUT2D eigenvalue weighted by Crippen LogP contribution is 2.15. The van der Waals surface area contributed by atoms with Crippen LogP contribution in [0, 0.1) is 6.92 Å². The Labute approximate surface area is 147 Å². The van der Waals surface area contributed by atoms with Gasteiger partial charge in [-0.3, -0.25) is 9.59 Å². The van der Waals surface area contributed by atoms with Crippen molar-refractivity contribution in [2.24, 2.45) is 0 Å². The van der Waals surface area contributed by atoms with Crippen LogP contribution in [0.5, 0.6) is 0 Å². The lowest BCUT2D eigenvalue weighted by atomic mass is 10.1. The maximum atomic E-state index is 12.0. The lowest BCUT2D eigenvalue weighted by Gasteiger charge is -2.09. The van der Waals surface area contributed by atoms with Crippen LogP contribution in [0.1, 0.15) is 25.8 Å². The molecule has 25 heavy (non-hydrogen) atoms. The Morgan fingerprint density at radius 2 is 1.92 bits per heavy atom. The summed E-state index contributed by atoms with van der Waals surface area (Å²) < 4.78 is 6.60. The molecule has 6 heteroatoms. The van der Waals surface area contributed by atoms with Gasteiger partial charge >= 0.3 is 0 Å². The van der Waals surface area contributed by atoms with Crippen molar-refractivity contribution in [1.82, 2.24) is 15.1 Å². The second-order valence-corrected chi connectivity index (χ2v) is 6.20. The molecule has 1 aromatic heterocycles. The summed E-state index contributed by atoms with van der Waals surface area (Å²) in [5, 5.41) is 7.08. The van der Waals surface area contributed by atoms with Gasteiger partial charge in [0.05, 0.1) is 11.8 Å². The molecular weight excluding hydrogens is 318 g/mol. The largest absolute Gasteiger partial charge is 0.379 e. The highest BCUT2D eigenvalue weighted by atomic mass is 16.5. The molecule has 0 atom stereocenters. The van der Waals surface area contributed by atoms with Crippen molar-refractivity contribution >= 4 is 5.91 Å². The van der Waals surface area contributed by atoms with Crippen LogP contribution in [-0.4, -0.2) is 34.9 Å². The minimum absolute atomic E-state index is 0.0937. The molecule has 0 aliphatic heterocycles. The molecule has 0 unspecified atom stereocenters. The molecule has 0 aliphatic rings. The predicted octanol–water partition coefficient (Wildman–Crippen LogP) is 2.15. The number of rotatable bonds is 8. The third-order valence-corrected chi connectivity index (χ3v) is 3.60. The first-order chi connectivity index (χ1) is 12.0. The minimum Gasteiger partial charge on any atom is -0.379 e. The monoisotopic (exact) mass is 343 g/mol. The number of benzene rings is 1. The number of hydrogen-bond acceptors (Lipinski definition) is 4. The molecule has 1 heterocycles. The van der Waals surface area contributed by atoms with Crippen LogP contribution in [0.4, 0.5) is 0 Å². The van der Waals surface area contributed by atoms with Crippen LogP contribution in [0.25, 0.3) is 11.3 Å². The molecular formula is C19H25N3O3. The van der Waals surface area contributed by atoms with Crippen molar-refractivity contribution in [1.29, 1.82) is 0 Å². The second-order valence-electron chi connectivity index (χ2n) is 6.20. The van der Waals surface area contributed by atoms with Gasteiger partial charge in [0.1, 0.15) is 6.54 Å². The first-order valence-corrected chi connectivity index (χ1v) is 8.49. The Kier molecular flexibility index (Phi) is 6.89. The van der Waals surface area contributed by atoms with Crippen LogP contribution < -0.4 is 10.9 Å². The molecule has 2 rings (SSSR count). The fourth-order valence-electron chi connectivity index (χ4n) is 2.25. The van der Waals surface area contributed by atoms with Crippen molar-refractivity contribution in [2.75, 3.05) is 13.2 Å². The Bertz CT molecular complexity index is 751. The van der Waals surface area contributed by atoms with E-state index in [1.54, 1.807) is 6.07 Å². The van der Waals surface area contributed by atoms with Crippen molar-refractivity contribution in [3.05, 3.63) is 52.3 Å². The number of carbonyl (C=O) groups excluding carboxylic acids is 1. The van der Waals surface area contributed by atoms with E-state index >= 15 is 0 Å². The lowest BCUT2D eigenvalue weighted by Crippen LogP contribution is -2.34. The predicted molar refractivity (Wildman–Crippen MR) is 97.4 cm³/mol. The molecule has 0 bridgehead atoms. The number of nitrogens with one attached hydrogen (secondary N) is 1. The van der Waals surface area contributed by atoms with E-state index in [-0.39, 0.29) is 24.1 Å². The number of amides is 1. The molecule has 0 spiro atoms. The van der Waals surface area contributed by atoms with E-state index in [0.717, 1.165) is 17.5 Å². The van der Waals surface area contributed by atoms with Gasteiger partial charge in [0.15, 0.2) is 0 Å². The van der Waals surface area contributed by atoms with Gasteiger partial charge in [-0.2, -0.15) is 5.10 Å². The van der Waals surface area contributed by atoms with Crippen LogP contribution in [0.15, 0.2) is 41.2 Å². The lowest BCUT2D eigenvalue weighted by molar-refractivity contribution is -0.121. The number of carbonyl (C=O) groups is 1. The number of ether oxygens (including phenoxy) is 1. The van der Waals surface area contributed by atoms with Gasteiger partial charge < -0.3 is 10.1 Å². The molecule has 0 radical (unpaired) electrons. The van der Waals surface area contributed by atoms with Crippen molar-refractivity contribution in [3.63, 3.8) is 0 Å². The van der Waals surface area contributed by atoms with E-state index in [2.05, 4.69) is 10.4 Å². The zero-order valence-electron chi connectivity index (χ0n) is 15.0. The zero-order valence-corrected chi connectivity index (χ0v) is 15.0. The Morgan fingerprint density at radius 1 is 1.20 bits per heavy atom. The molecule has 0 aliphatic carbocycles. The standard InChI is InChI=1S/C19H25N3O3/c1-14(2)25-12-4-11-20-18(23)13-22-19(24)10-9-17(21-22)16-7-5-15(3)6-8-16/h5-10,14H,4,11-13H2,1-3H3,(H,20,23). The van der Waals surface area contributed by atoms with Gasteiger partial charge in [-0.25, -0.2) is 4.68 Å². The van der Waals surface area contributed by atoms with Crippen molar-refractivity contribution in [3.8, 4) is 11.3 Å².